The second-order valence-corrected chi connectivity index (χ2v) is 2.97. The van der Waals surface area contributed by atoms with Gasteiger partial charge in [-0.15, -0.1) is 5.10 Å². The summed E-state index contributed by atoms with van der Waals surface area (Å²) in [6.07, 6.45) is 1.44. The number of rotatable bonds is 3. The Morgan fingerprint density at radius 3 is 2.87 bits per heavy atom. The molecule has 0 bridgehead atoms. The molecule has 2 rings (SSSR count). The van der Waals surface area contributed by atoms with Gasteiger partial charge < -0.3 is 5.11 Å². The molecule has 0 radical (unpaired) electrons. The number of hydrogen-bond donors (Lipinski definition) is 1. The first-order valence-electron chi connectivity index (χ1n) is 4.29. The molecule has 0 aliphatic rings. The quantitative estimate of drug-likeness (QED) is 0.783. The summed E-state index contributed by atoms with van der Waals surface area (Å²) < 4.78 is 1.47. The first-order valence-corrected chi connectivity index (χ1v) is 4.29. The van der Waals surface area contributed by atoms with Gasteiger partial charge in [0.15, 0.2) is 0 Å². The van der Waals surface area contributed by atoms with Crippen LogP contribution in [-0.2, 0) is 6.54 Å². The number of nitrogens with zero attached hydrogens (tertiary/aromatic N) is 4. The Morgan fingerprint density at radius 2 is 2.20 bits per heavy atom. The van der Waals surface area contributed by atoms with Gasteiger partial charge in [0.2, 0.25) is 0 Å². The first kappa shape index (κ1) is 9.32. The Morgan fingerprint density at radius 1 is 1.40 bits per heavy atom. The maximum atomic E-state index is 10.9. The number of tetrazole rings is 1. The van der Waals surface area contributed by atoms with Gasteiger partial charge in [0.1, 0.15) is 6.33 Å². The predicted molar refractivity (Wildman–Crippen MR) is 50.3 cm³/mol. The van der Waals surface area contributed by atoms with Crippen LogP contribution in [-0.4, -0.2) is 31.3 Å². The van der Waals surface area contributed by atoms with Crippen molar-refractivity contribution in [2.75, 3.05) is 0 Å². The highest BCUT2D eigenvalue weighted by Crippen LogP contribution is 2.09. The fourth-order valence-corrected chi connectivity index (χ4v) is 1.29. The lowest BCUT2D eigenvalue weighted by Crippen LogP contribution is -2.07. The highest BCUT2D eigenvalue weighted by molar-refractivity contribution is 5.89. The van der Waals surface area contributed by atoms with Crippen LogP contribution in [0.1, 0.15) is 15.9 Å². The fraction of sp³-hybridized carbons (Fsp3) is 0.111. The van der Waals surface area contributed by atoms with Gasteiger partial charge in [0, 0.05) is 0 Å². The summed E-state index contributed by atoms with van der Waals surface area (Å²) >= 11 is 0. The Labute approximate surface area is 85.2 Å². The van der Waals surface area contributed by atoms with Crippen molar-refractivity contribution in [3.63, 3.8) is 0 Å². The Bertz CT molecular complexity index is 467. The number of hydrogen-bond acceptors (Lipinski definition) is 4. The second-order valence-electron chi connectivity index (χ2n) is 2.97. The van der Waals surface area contributed by atoms with E-state index in [0.717, 1.165) is 0 Å². The van der Waals surface area contributed by atoms with E-state index in [0.29, 0.717) is 12.1 Å². The van der Waals surface area contributed by atoms with Gasteiger partial charge in [0.25, 0.3) is 0 Å². The van der Waals surface area contributed by atoms with E-state index < -0.39 is 5.97 Å². The Balaban J connectivity index is 2.32. The maximum absolute atomic E-state index is 10.9. The molecule has 6 heteroatoms. The molecule has 0 saturated heterocycles. The monoisotopic (exact) mass is 204 g/mol. The van der Waals surface area contributed by atoms with Crippen LogP contribution in [0.3, 0.4) is 0 Å². The van der Waals surface area contributed by atoms with Crippen LogP contribution in [0.25, 0.3) is 0 Å². The number of carbonyl (C=O) groups is 1. The number of carboxylic acids is 1. The molecular formula is C9H8N4O2. The molecule has 1 aromatic carbocycles. The molecule has 0 amide bonds. The molecule has 0 aliphatic heterocycles. The minimum atomic E-state index is -0.946. The minimum Gasteiger partial charge on any atom is -0.478 e. The summed E-state index contributed by atoms with van der Waals surface area (Å²) in [6.45, 7) is 0.357. The smallest absolute Gasteiger partial charge is 0.336 e. The normalized spacial score (nSPS) is 10.1. The van der Waals surface area contributed by atoms with Gasteiger partial charge in [-0.1, -0.05) is 18.2 Å². The Kier molecular flexibility index (Phi) is 2.40. The number of aromatic nitrogens is 4. The molecule has 0 spiro atoms. The molecule has 1 aromatic heterocycles. The molecule has 1 heterocycles. The summed E-state index contributed by atoms with van der Waals surface area (Å²) in [6, 6.07) is 6.77. The zero-order chi connectivity index (χ0) is 10.7. The topological polar surface area (TPSA) is 80.9 Å². The second kappa shape index (κ2) is 3.87. The lowest BCUT2D eigenvalue weighted by molar-refractivity contribution is 0.0695. The molecule has 0 unspecified atom stereocenters. The van der Waals surface area contributed by atoms with Gasteiger partial charge in [-0.05, 0) is 22.1 Å². The zero-order valence-electron chi connectivity index (χ0n) is 7.74. The van der Waals surface area contributed by atoms with Gasteiger partial charge in [-0.2, -0.15) is 0 Å². The van der Waals surface area contributed by atoms with Crippen LogP contribution >= 0.6 is 0 Å². The largest absolute Gasteiger partial charge is 0.478 e. The highest BCUT2D eigenvalue weighted by atomic mass is 16.4. The van der Waals surface area contributed by atoms with Gasteiger partial charge in [0.05, 0.1) is 12.1 Å². The van der Waals surface area contributed by atoms with Crippen molar-refractivity contribution in [2.45, 2.75) is 6.54 Å². The minimum absolute atomic E-state index is 0.271. The van der Waals surface area contributed by atoms with Crippen LogP contribution in [0.4, 0.5) is 0 Å². The van der Waals surface area contributed by atoms with Crippen molar-refractivity contribution in [3.05, 3.63) is 41.7 Å². The van der Waals surface area contributed by atoms with E-state index in [2.05, 4.69) is 15.5 Å². The molecule has 15 heavy (non-hydrogen) atoms. The third-order valence-corrected chi connectivity index (χ3v) is 1.97. The molecule has 1 N–H and O–H groups in total. The fourth-order valence-electron chi connectivity index (χ4n) is 1.29. The van der Waals surface area contributed by atoms with Crippen molar-refractivity contribution < 1.29 is 9.90 Å². The van der Waals surface area contributed by atoms with Crippen LogP contribution in [0.2, 0.25) is 0 Å². The van der Waals surface area contributed by atoms with E-state index in [-0.39, 0.29) is 5.56 Å². The van der Waals surface area contributed by atoms with Crippen molar-refractivity contribution in [1.82, 2.24) is 20.2 Å². The van der Waals surface area contributed by atoms with Gasteiger partial charge in [-0.3, -0.25) is 0 Å². The predicted octanol–water partition coefficient (Wildman–Crippen LogP) is 0.420. The van der Waals surface area contributed by atoms with E-state index in [1.165, 1.54) is 11.0 Å². The lowest BCUT2D eigenvalue weighted by atomic mass is 10.1. The lowest BCUT2D eigenvalue weighted by Gasteiger charge is -2.04. The van der Waals surface area contributed by atoms with Crippen molar-refractivity contribution in [2.24, 2.45) is 0 Å². The number of benzene rings is 1. The Hall–Kier alpha value is -2.24. The molecule has 0 atom stereocenters. The third kappa shape index (κ3) is 1.98. The average molecular weight is 204 g/mol. The van der Waals surface area contributed by atoms with Crippen LogP contribution < -0.4 is 0 Å². The SMILES string of the molecule is O=C(O)c1ccccc1Cn1cnnn1. The van der Waals surface area contributed by atoms with Gasteiger partial charge in [-0.25, -0.2) is 9.48 Å². The van der Waals surface area contributed by atoms with E-state index in [4.69, 9.17) is 5.11 Å². The molecule has 0 fully saturated rings. The van der Waals surface area contributed by atoms with Crippen LogP contribution in [0.5, 0.6) is 0 Å². The molecule has 76 valence electrons. The third-order valence-electron chi connectivity index (χ3n) is 1.97. The van der Waals surface area contributed by atoms with E-state index >= 15 is 0 Å². The summed E-state index contributed by atoms with van der Waals surface area (Å²) in [5.74, 6) is -0.946. The molecule has 6 nitrogen and oxygen atoms in total. The molecule has 0 aliphatic carbocycles. The molecule has 2 aromatic rings. The zero-order valence-corrected chi connectivity index (χ0v) is 7.74. The summed E-state index contributed by atoms with van der Waals surface area (Å²) in [5.41, 5.74) is 0.949. The highest BCUT2D eigenvalue weighted by Gasteiger charge is 2.09. The number of carboxylic acid groups (broad SMARTS) is 1. The standard InChI is InChI=1S/C9H8N4O2/c14-9(15)8-4-2-1-3-7(8)5-13-6-10-11-12-13/h1-4,6H,5H2,(H,14,15). The van der Waals surface area contributed by atoms with E-state index in [1.54, 1.807) is 24.3 Å². The summed E-state index contributed by atoms with van der Waals surface area (Å²) in [7, 11) is 0. The summed E-state index contributed by atoms with van der Waals surface area (Å²) in [4.78, 5) is 10.9. The number of aromatic carboxylic acids is 1. The average Bonchev–Trinajstić information content (AvgIpc) is 2.71. The van der Waals surface area contributed by atoms with Crippen LogP contribution in [0, 0.1) is 0 Å². The van der Waals surface area contributed by atoms with E-state index in [1.807, 2.05) is 0 Å². The van der Waals surface area contributed by atoms with E-state index in [9.17, 15) is 4.79 Å². The molecule has 0 saturated carbocycles. The first-order chi connectivity index (χ1) is 7.27. The van der Waals surface area contributed by atoms with Crippen molar-refractivity contribution in [1.29, 1.82) is 0 Å². The molecular weight excluding hydrogens is 196 g/mol. The van der Waals surface area contributed by atoms with Crippen LogP contribution in [0.15, 0.2) is 30.6 Å². The summed E-state index contributed by atoms with van der Waals surface area (Å²) in [5, 5.41) is 19.6. The van der Waals surface area contributed by atoms with Gasteiger partial charge >= 0.3 is 5.97 Å². The van der Waals surface area contributed by atoms with Crippen molar-refractivity contribution >= 4 is 5.97 Å². The maximum Gasteiger partial charge on any atom is 0.336 e. The van der Waals surface area contributed by atoms with Crippen molar-refractivity contribution in [3.8, 4) is 0 Å².